The van der Waals surface area contributed by atoms with Crippen LogP contribution < -0.4 is 0 Å². The molecular formula is C28H36N2O. The molecule has 7 atom stereocenters. The predicted molar refractivity (Wildman–Crippen MR) is 125 cm³/mol. The molecule has 3 aliphatic heterocycles. The van der Waals surface area contributed by atoms with Gasteiger partial charge >= 0.3 is 0 Å². The molecule has 164 valence electrons. The lowest BCUT2D eigenvalue weighted by Gasteiger charge is -2.66. The fourth-order valence-electron chi connectivity index (χ4n) is 7.09. The van der Waals surface area contributed by atoms with E-state index in [0.717, 1.165) is 13.0 Å². The summed E-state index contributed by atoms with van der Waals surface area (Å²) < 4.78 is 0. The van der Waals surface area contributed by atoms with Crippen LogP contribution in [0.15, 0.2) is 60.7 Å². The van der Waals surface area contributed by atoms with Crippen LogP contribution in [0.2, 0.25) is 0 Å². The normalized spacial score (nSPS) is 35.0. The van der Waals surface area contributed by atoms with Crippen molar-refractivity contribution >= 4 is 5.91 Å². The van der Waals surface area contributed by atoms with E-state index in [2.05, 4.69) is 98.2 Å². The van der Waals surface area contributed by atoms with E-state index < -0.39 is 0 Å². The molecule has 3 heteroatoms. The number of carbonyl (C=O) groups is 1. The molecule has 6 rings (SSSR count). The van der Waals surface area contributed by atoms with Gasteiger partial charge < -0.3 is 4.90 Å². The minimum atomic E-state index is 0.101. The van der Waals surface area contributed by atoms with Gasteiger partial charge in [-0.15, -0.1) is 0 Å². The van der Waals surface area contributed by atoms with Crippen molar-refractivity contribution in [2.45, 2.75) is 71.1 Å². The van der Waals surface area contributed by atoms with Gasteiger partial charge in [0, 0.05) is 36.0 Å². The molecule has 5 unspecified atom stereocenters. The highest BCUT2D eigenvalue weighted by Gasteiger charge is 2.60. The molecule has 3 heterocycles. The fourth-order valence-corrected chi connectivity index (χ4v) is 7.09. The van der Waals surface area contributed by atoms with Crippen molar-refractivity contribution in [1.29, 1.82) is 0 Å². The average Bonchev–Trinajstić information content (AvgIpc) is 2.80. The van der Waals surface area contributed by atoms with Crippen LogP contribution in [0, 0.1) is 17.3 Å². The predicted octanol–water partition coefficient (Wildman–Crippen LogP) is 5.85. The molecule has 1 aliphatic carbocycles. The number of hydrogen-bond acceptors (Lipinski definition) is 2. The summed E-state index contributed by atoms with van der Waals surface area (Å²) in [6, 6.07) is 23.0. The van der Waals surface area contributed by atoms with E-state index in [0.29, 0.717) is 30.0 Å². The van der Waals surface area contributed by atoms with Gasteiger partial charge in [0.05, 0.1) is 6.04 Å². The number of fused-ring (bicyclic) bond motifs is 2. The summed E-state index contributed by atoms with van der Waals surface area (Å²) in [6.07, 6.45) is 3.50. The van der Waals surface area contributed by atoms with E-state index in [-0.39, 0.29) is 17.4 Å². The Morgan fingerprint density at radius 3 is 2.13 bits per heavy atom. The lowest BCUT2D eigenvalue weighted by atomic mass is 9.56. The van der Waals surface area contributed by atoms with Crippen molar-refractivity contribution in [1.82, 2.24) is 9.80 Å². The third-order valence-corrected chi connectivity index (χ3v) is 8.67. The second kappa shape index (κ2) is 7.78. The molecule has 0 spiro atoms. The van der Waals surface area contributed by atoms with Crippen LogP contribution in [-0.2, 0) is 4.79 Å². The molecule has 0 radical (unpaired) electrons. The number of hydrogen-bond donors (Lipinski definition) is 0. The standard InChI is InChI=1S/C28H36N2O/c1-19-17-24-25-15-16-28(4,18-29(25)20(2)22-11-7-5-8-12-22)26(24)30(27(19)31)21(3)23-13-9-6-10-14-23/h5-14,19-21,24-26H,15-18H2,1-4H3/t19?,20-,21-,24?,25?,26?,28?/m1/s1. The third-order valence-electron chi connectivity index (χ3n) is 8.67. The van der Waals surface area contributed by atoms with Gasteiger partial charge in [-0.2, -0.15) is 0 Å². The summed E-state index contributed by atoms with van der Waals surface area (Å²) in [4.78, 5) is 18.6. The molecule has 0 N–H and O–H groups in total. The minimum Gasteiger partial charge on any atom is -0.332 e. The quantitative estimate of drug-likeness (QED) is 0.624. The van der Waals surface area contributed by atoms with Crippen LogP contribution in [0.25, 0.3) is 0 Å². The molecule has 1 saturated carbocycles. The molecule has 4 fully saturated rings. The summed E-state index contributed by atoms with van der Waals surface area (Å²) in [5.74, 6) is 1.01. The van der Waals surface area contributed by atoms with Crippen molar-refractivity contribution in [3.05, 3.63) is 71.8 Å². The molecule has 31 heavy (non-hydrogen) atoms. The Bertz CT molecular complexity index is 929. The van der Waals surface area contributed by atoms with Gasteiger partial charge in [-0.05, 0) is 50.2 Å². The summed E-state index contributed by atoms with van der Waals surface area (Å²) in [6.45, 7) is 10.3. The first-order chi connectivity index (χ1) is 14.9. The molecular weight excluding hydrogens is 380 g/mol. The number of piperidine rings is 3. The Kier molecular flexibility index (Phi) is 5.21. The number of rotatable bonds is 4. The highest BCUT2D eigenvalue weighted by atomic mass is 16.2. The minimum absolute atomic E-state index is 0.101. The highest BCUT2D eigenvalue weighted by Crippen LogP contribution is 2.56. The zero-order valence-corrected chi connectivity index (χ0v) is 19.4. The smallest absolute Gasteiger partial charge is 0.226 e. The molecule has 2 bridgehead atoms. The van der Waals surface area contributed by atoms with Crippen molar-refractivity contribution in [3.63, 3.8) is 0 Å². The van der Waals surface area contributed by atoms with Gasteiger partial charge in [0.15, 0.2) is 0 Å². The molecule has 0 aromatic heterocycles. The molecule has 2 aromatic carbocycles. The van der Waals surface area contributed by atoms with Crippen molar-refractivity contribution in [3.8, 4) is 0 Å². The number of amides is 1. The maximum Gasteiger partial charge on any atom is 0.226 e. The summed E-state index contributed by atoms with van der Waals surface area (Å²) in [5, 5.41) is 0. The average molecular weight is 417 g/mol. The van der Waals surface area contributed by atoms with Crippen LogP contribution in [0.3, 0.4) is 0 Å². The third kappa shape index (κ3) is 3.33. The first-order valence-electron chi connectivity index (χ1n) is 12.1. The van der Waals surface area contributed by atoms with E-state index in [9.17, 15) is 4.79 Å². The van der Waals surface area contributed by atoms with Gasteiger partial charge in [-0.25, -0.2) is 0 Å². The van der Waals surface area contributed by atoms with E-state index in [1.165, 1.54) is 24.0 Å². The van der Waals surface area contributed by atoms with E-state index in [1.54, 1.807) is 0 Å². The highest BCUT2D eigenvalue weighted by molar-refractivity contribution is 5.80. The lowest BCUT2D eigenvalue weighted by molar-refractivity contribution is -0.184. The maximum atomic E-state index is 13.6. The number of nitrogens with zero attached hydrogens (tertiary/aromatic N) is 2. The Morgan fingerprint density at radius 1 is 0.935 bits per heavy atom. The Balaban J connectivity index is 1.51. The number of carbonyl (C=O) groups excluding carboxylic acids is 1. The monoisotopic (exact) mass is 416 g/mol. The second-order valence-corrected chi connectivity index (χ2v) is 10.6. The molecule has 1 amide bonds. The van der Waals surface area contributed by atoms with Gasteiger partial charge in [0.2, 0.25) is 5.91 Å². The van der Waals surface area contributed by atoms with Crippen LogP contribution in [0.5, 0.6) is 0 Å². The van der Waals surface area contributed by atoms with Crippen molar-refractivity contribution in [2.24, 2.45) is 17.3 Å². The number of benzene rings is 2. The van der Waals surface area contributed by atoms with E-state index in [4.69, 9.17) is 0 Å². The lowest BCUT2D eigenvalue weighted by Crippen LogP contribution is -2.72. The van der Waals surface area contributed by atoms with Crippen LogP contribution in [0.1, 0.15) is 70.2 Å². The number of likely N-dealkylation sites (tertiary alicyclic amines) is 1. The van der Waals surface area contributed by atoms with Crippen molar-refractivity contribution < 1.29 is 4.79 Å². The van der Waals surface area contributed by atoms with Crippen LogP contribution in [-0.4, -0.2) is 34.3 Å². The van der Waals surface area contributed by atoms with Crippen molar-refractivity contribution in [2.75, 3.05) is 6.54 Å². The summed E-state index contributed by atoms with van der Waals surface area (Å²) in [7, 11) is 0. The molecule has 3 saturated heterocycles. The summed E-state index contributed by atoms with van der Waals surface area (Å²) in [5.41, 5.74) is 2.80. The van der Waals surface area contributed by atoms with Gasteiger partial charge in [0.1, 0.15) is 0 Å². The zero-order chi connectivity index (χ0) is 21.8. The Morgan fingerprint density at radius 2 is 1.52 bits per heavy atom. The fraction of sp³-hybridized carbons (Fsp3) is 0.536. The Labute approximate surface area is 187 Å². The van der Waals surface area contributed by atoms with Crippen LogP contribution >= 0.6 is 0 Å². The topological polar surface area (TPSA) is 23.6 Å². The van der Waals surface area contributed by atoms with Crippen LogP contribution in [0.4, 0.5) is 0 Å². The van der Waals surface area contributed by atoms with E-state index >= 15 is 0 Å². The zero-order valence-electron chi connectivity index (χ0n) is 19.4. The van der Waals surface area contributed by atoms with Gasteiger partial charge in [-0.3, -0.25) is 9.69 Å². The Hall–Kier alpha value is -2.13. The SMILES string of the molecule is CC1CC2C3CCC(C)(CN3[C@H](C)c3ccccc3)C2N([C@H](C)c2ccccc2)C1=O. The second-order valence-electron chi connectivity index (χ2n) is 10.6. The first kappa shape index (κ1) is 20.8. The van der Waals surface area contributed by atoms with E-state index in [1.807, 2.05) is 0 Å². The van der Waals surface area contributed by atoms with Gasteiger partial charge in [-0.1, -0.05) is 74.5 Å². The molecule has 4 aliphatic rings. The summed E-state index contributed by atoms with van der Waals surface area (Å²) >= 11 is 0. The molecule has 2 aromatic rings. The molecule has 3 nitrogen and oxygen atoms in total. The largest absolute Gasteiger partial charge is 0.332 e. The first-order valence-corrected chi connectivity index (χ1v) is 12.1. The van der Waals surface area contributed by atoms with Gasteiger partial charge in [0.25, 0.3) is 0 Å². The maximum absolute atomic E-state index is 13.6.